The number of rotatable bonds is 4. The lowest BCUT2D eigenvalue weighted by Gasteiger charge is -2.46. The molecule has 0 bridgehead atoms. The van der Waals surface area contributed by atoms with E-state index < -0.39 is 5.54 Å². The fourth-order valence-corrected chi connectivity index (χ4v) is 4.51. The highest BCUT2D eigenvalue weighted by Gasteiger charge is 2.46. The molecule has 3 heterocycles. The minimum Gasteiger partial charge on any atom is -0.354 e. The first-order chi connectivity index (χ1) is 14.8. The fraction of sp³-hybridized carbons (Fsp3) is 0.522. The van der Waals surface area contributed by atoms with Gasteiger partial charge in [-0.05, 0) is 43.4 Å². The van der Waals surface area contributed by atoms with Crippen LogP contribution >= 0.6 is 0 Å². The molecule has 1 spiro atoms. The van der Waals surface area contributed by atoms with Gasteiger partial charge in [0, 0.05) is 37.3 Å². The van der Waals surface area contributed by atoms with Gasteiger partial charge in [0.05, 0.1) is 23.6 Å². The van der Waals surface area contributed by atoms with Crippen LogP contribution < -0.4 is 10.6 Å². The van der Waals surface area contributed by atoms with E-state index in [9.17, 15) is 14.0 Å². The highest BCUT2D eigenvalue weighted by Crippen LogP contribution is 2.37. The third-order valence-electron chi connectivity index (χ3n) is 6.35. The van der Waals surface area contributed by atoms with Gasteiger partial charge in [0.15, 0.2) is 0 Å². The topological polar surface area (TPSA) is 90.1 Å². The van der Waals surface area contributed by atoms with E-state index in [1.165, 1.54) is 6.07 Å². The van der Waals surface area contributed by atoms with Crippen LogP contribution in [0.2, 0.25) is 0 Å². The Morgan fingerprint density at radius 2 is 2.06 bits per heavy atom. The van der Waals surface area contributed by atoms with Crippen molar-refractivity contribution in [3.05, 3.63) is 52.9 Å². The summed E-state index contributed by atoms with van der Waals surface area (Å²) in [5.41, 5.74) is 2.34. The number of benzene rings is 1. The number of carbonyl (C=O) groups is 2. The second-order valence-electron chi connectivity index (χ2n) is 9.11. The van der Waals surface area contributed by atoms with Gasteiger partial charge in [0.25, 0.3) is 5.91 Å². The standard InChI is InChI=1S/C23H30FN5O2/c1-14(2)12-25-21(30)19-11-18-20(27-13-26-18)23(28-19)6-8-29(9-7-23)22(31)16-5-4-15(3)17(24)10-16/h4-5,10,13-14,19,28H,6-9,11-12H2,1-3H3,(H,25,30)(H,26,27)/t19-/m0/s1. The minimum absolute atomic E-state index is 0.0121. The van der Waals surface area contributed by atoms with E-state index in [-0.39, 0.29) is 23.7 Å². The van der Waals surface area contributed by atoms with Crippen LogP contribution in [0.15, 0.2) is 24.5 Å². The summed E-state index contributed by atoms with van der Waals surface area (Å²) in [5, 5.41) is 6.58. The number of likely N-dealkylation sites (tertiary alicyclic amines) is 1. The maximum atomic E-state index is 13.9. The van der Waals surface area contributed by atoms with Gasteiger partial charge in [0.1, 0.15) is 5.82 Å². The lowest BCUT2D eigenvalue weighted by atomic mass is 9.78. The molecule has 2 aliphatic heterocycles. The van der Waals surface area contributed by atoms with E-state index in [4.69, 9.17) is 0 Å². The molecule has 31 heavy (non-hydrogen) atoms. The average Bonchev–Trinajstić information content (AvgIpc) is 3.24. The van der Waals surface area contributed by atoms with Crippen molar-refractivity contribution in [1.82, 2.24) is 25.5 Å². The van der Waals surface area contributed by atoms with Gasteiger partial charge in [0.2, 0.25) is 5.91 Å². The van der Waals surface area contributed by atoms with E-state index in [0.717, 1.165) is 11.4 Å². The maximum absolute atomic E-state index is 13.9. The van der Waals surface area contributed by atoms with E-state index in [0.29, 0.717) is 55.9 Å². The van der Waals surface area contributed by atoms with Crippen LogP contribution in [0.5, 0.6) is 0 Å². The quantitative estimate of drug-likeness (QED) is 0.698. The third kappa shape index (κ3) is 4.21. The van der Waals surface area contributed by atoms with Crippen LogP contribution in [-0.4, -0.2) is 52.4 Å². The normalized spacial score (nSPS) is 20.0. The molecule has 166 valence electrons. The van der Waals surface area contributed by atoms with Crippen LogP contribution in [0, 0.1) is 18.7 Å². The molecule has 0 saturated carbocycles. The molecule has 7 nitrogen and oxygen atoms in total. The molecule has 0 unspecified atom stereocenters. The Hall–Kier alpha value is -2.74. The van der Waals surface area contributed by atoms with E-state index >= 15 is 0 Å². The van der Waals surface area contributed by atoms with Crippen molar-refractivity contribution in [3.63, 3.8) is 0 Å². The SMILES string of the molecule is Cc1ccc(C(=O)N2CCC3(CC2)N[C@H](C(=O)NCC(C)C)Cc2[nH]cnc23)cc1F. The molecular weight excluding hydrogens is 397 g/mol. The number of halogens is 1. The monoisotopic (exact) mass is 427 g/mol. The number of imidazole rings is 1. The zero-order valence-electron chi connectivity index (χ0n) is 18.3. The largest absolute Gasteiger partial charge is 0.354 e. The molecule has 0 radical (unpaired) electrons. The third-order valence-corrected chi connectivity index (χ3v) is 6.35. The summed E-state index contributed by atoms with van der Waals surface area (Å²) in [6.45, 7) is 7.46. The lowest BCUT2D eigenvalue weighted by Crippen LogP contribution is -2.62. The zero-order chi connectivity index (χ0) is 22.2. The number of piperidine rings is 1. The first-order valence-electron chi connectivity index (χ1n) is 10.9. The predicted molar refractivity (Wildman–Crippen MR) is 115 cm³/mol. The number of hydrogen-bond donors (Lipinski definition) is 3. The Bertz CT molecular complexity index is 978. The lowest BCUT2D eigenvalue weighted by molar-refractivity contribution is -0.124. The van der Waals surface area contributed by atoms with Crippen molar-refractivity contribution < 1.29 is 14.0 Å². The smallest absolute Gasteiger partial charge is 0.253 e. The number of nitrogens with one attached hydrogen (secondary N) is 3. The zero-order valence-corrected chi connectivity index (χ0v) is 18.3. The molecule has 1 aromatic carbocycles. The van der Waals surface area contributed by atoms with Gasteiger partial charge < -0.3 is 15.2 Å². The molecule has 1 fully saturated rings. The maximum Gasteiger partial charge on any atom is 0.253 e. The average molecular weight is 428 g/mol. The number of nitrogens with zero attached hydrogens (tertiary/aromatic N) is 2. The van der Waals surface area contributed by atoms with Crippen LogP contribution in [0.1, 0.15) is 54.0 Å². The first-order valence-corrected chi connectivity index (χ1v) is 10.9. The number of aromatic nitrogens is 2. The number of amides is 2. The van der Waals surface area contributed by atoms with E-state index in [1.54, 1.807) is 30.3 Å². The molecule has 8 heteroatoms. The molecule has 2 amide bonds. The van der Waals surface area contributed by atoms with Crippen molar-refractivity contribution in [3.8, 4) is 0 Å². The Balaban J connectivity index is 1.49. The number of aromatic amines is 1. The summed E-state index contributed by atoms with van der Waals surface area (Å²) in [6.07, 6.45) is 3.51. The molecule has 2 aliphatic rings. The highest BCUT2D eigenvalue weighted by molar-refractivity contribution is 5.94. The van der Waals surface area contributed by atoms with E-state index in [2.05, 4.69) is 34.4 Å². The summed E-state index contributed by atoms with van der Waals surface area (Å²) in [4.78, 5) is 35.2. The molecule has 1 atom stereocenters. The minimum atomic E-state index is -0.456. The van der Waals surface area contributed by atoms with Gasteiger partial charge in [-0.1, -0.05) is 19.9 Å². The summed E-state index contributed by atoms with van der Waals surface area (Å²) in [5.74, 6) is -0.172. The van der Waals surface area contributed by atoms with Gasteiger partial charge in [-0.3, -0.25) is 14.9 Å². The predicted octanol–water partition coefficient (Wildman–Crippen LogP) is 2.28. The molecular formula is C23H30FN5O2. The summed E-state index contributed by atoms with van der Waals surface area (Å²) >= 11 is 0. The van der Waals surface area contributed by atoms with Gasteiger partial charge in [-0.15, -0.1) is 0 Å². The van der Waals surface area contributed by atoms with Crippen molar-refractivity contribution in [2.75, 3.05) is 19.6 Å². The molecule has 4 rings (SSSR count). The molecule has 2 aromatic rings. The van der Waals surface area contributed by atoms with Crippen molar-refractivity contribution in [2.24, 2.45) is 5.92 Å². The Morgan fingerprint density at radius 3 is 2.74 bits per heavy atom. The van der Waals surface area contributed by atoms with Gasteiger partial charge in [-0.2, -0.15) is 0 Å². The second-order valence-corrected chi connectivity index (χ2v) is 9.11. The number of aryl methyl sites for hydroxylation is 1. The molecule has 3 N–H and O–H groups in total. The molecule has 0 aliphatic carbocycles. The Kier molecular flexibility index (Phi) is 5.83. The Labute approximate surface area is 181 Å². The number of fused-ring (bicyclic) bond motifs is 2. The molecule has 1 saturated heterocycles. The van der Waals surface area contributed by atoms with Crippen LogP contribution in [0.3, 0.4) is 0 Å². The van der Waals surface area contributed by atoms with Crippen molar-refractivity contribution in [2.45, 2.75) is 51.6 Å². The van der Waals surface area contributed by atoms with Crippen LogP contribution in [0.4, 0.5) is 4.39 Å². The van der Waals surface area contributed by atoms with Gasteiger partial charge >= 0.3 is 0 Å². The van der Waals surface area contributed by atoms with E-state index in [1.807, 2.05) is 0 Å². The van der Waals surface area contributed by atoms with Crippen molar-refractivity contribution >= 4 is 11.8 Å². The summed E-state index contributed by atoms with van der Waals surface area (Å²) in [7, 11) is 0. The number of H-pyrrole nitrogens is 1. The number of carbonyl (C=O) groups excluding carboxylic acids is 2. The van der Waals surface area contributed by atoms with Gasteiger partial charge in [-0.25, -0.2) is 9.37 Å². The summed E-state index contributed by atoms with van der Waals surface area (Å²) < 4.78 is 13.9. The highest BCUT2D eigenvalue weighted by atomic mass is 19.1. The second kappa shape index (κ2) is 8.42. The Morgan fingerprint density at radius 1 is 1.32 bits per heavy atom. The summed E-state index contributed by atoms with van der Waals surface area (Å²) in [6, 6.07) is 4.26. The van der Waals surface area contributed by atoms with Crippen LogP contribution in [0.25, 0.3) is 0 Å². The number of hydrogen-bond acceptors (Lipinski definition) is 4. The fourth-order valence-electron chi connectivity index (χ4n) is 4.51. The molecule has 1 aromatic heterocycles. The van der Waals surface area contributed by atoms with Crippen LogP contribution in [-0.2, 0) is 16.8 Å². The van der Waals surface area contributed by atoms with Crippen molar-refractivity contribution in [1.29, 1.82) is 0 Å². The first kappa shape index (κ1) is 21.5.